The van der Waals surface area contributed by atoms with Gasteiger partial charge in [-0.15, -0.1) is 11.8 Å². The number of hydrogen-bond acceptors (Lipinski definition) is 4. The molecule has 6 heteroatoms. The normalized spacial score (nSPS) is 10.5. The van der Waals surface area contributed by atoms with Crippen molar-refractivity contribution in [3.05, 3.63) is 76.9 Å². The standard InChI is InChI=1S/C17H13BrN2O2S/c18-16-8-7-15(22-16)17(21)20-13-3-5-14(6-4-13)23-11-12-2-1-9-19-10-12/h1-10H,11H2,(H,20,21). The van der Waals surface area contributed by atoms with Gasteiger partial charge in [0.25, 0.3) is 5.91 Å². The van der Waals surface area contributed by atoms with E-state index in [2.05, 4.69) is 32.3 Å². The lowest BCUT2D eigenvalue weighted by Crippen LogP contribution is -2.10. The Kier molecular flexibility index (Phi) is 5.15. The minimum Gasteiger partial charge on any atom is -0.444 e. The van der Waals surface area contributed by atoms with Crippen molar-refractivity contribution < 1.29 is 9.21 Å². The summed E-state index contributed by atoms with van der Waals surface area (Å²) in [6, 6.07) is 15.0. The minimum atomic E-state index is -0.272. The smallest absolute Gasteiger partial charge is 0.291 e. The van der Waals surface area contributed by atoms with Crippen LogP contribution in [0.3, 0.4) is 0 Å². The zero-order chi connectivity index (χ0) is 16.1. The molecule has 2 aromatic heterocycles. The maximum Gasteiger partial charge on any atom is 0.291 e. The number of halogens is 1. The number of thioether (sulfide) groups is 1. The monoisotopic (exact) mass is 388 g/mol. The number of anilines is 1. The second kappa shape index (κ2) is 7.48. The summed E-state index contributed by atoms with van der Waals surface area (Å²) in [6.07, 6.45) is 3.63. The number of rotatable bonds is 5. The van der Waals surface area contributed by atoms with Crippen LogP contribution in [0, 0.1) is 0 Å². The molecule has 0 aliphatic heterocycles. The SMILES string of the molecule is O=C(Nc1ccc(SCc2cccnc2)cc1)c1ccc(Br)o1. The van der Waals surface area contributed by atoms with Crippen molar-refractivity contribution in [2.24, 2.45) is 0 Å². The van der Waals surface area contributed by atoms with E-state index in [0.29, 0.717) is 4.67 Å². The van der Waals surface area contributed by atoms with E-state index < -0.39 is 0 Å². The number of nitrogens with one attached hydrogen (secondary N) is 1. The topological polar surface area (TPSA) is 55.1 Å². The zero-order valence-corrected chi connectivity index (χ0v) is 14.4. The average molecular weight is 389 g/mol. The van der Waals surface area contributed by atoms with Gasteiger partial charge in [0.1, 0.15) is 0 Å². The quantitative estimate of drug-likeness (QED) is 0.626. The van der Waals surface area contributed by atoms with E-state index in [9.17, 15) is 4.79 Å². The number of furan rings is 1. The van der Waals surface area contributed by atoms with Crippen LogP contribution in [-0.4, -0.2) is 10.9 Å². The van der Waals surface area contributed by atoms with Gasteiger partial charge in [-0.1, -0.05) is 6.07 Å². The highest BCUT2D eigenvalue weighted by atomic mass is 79.9. The second-order valence-electron chi connectivity index (χ2n) is 4.73. The van der Waals surface area contributed by atoms with Crippen molar-refractivity contribution in [3.63, 3.8) is 0 Å². The Morgan fingerprint density at radius 3 is 2.65 bits per heavy atom. The number of benzene rings is 1. The lowest BCUT2D eigenvalue weighted by atomic mass is 10.3. The summed E-state index contributed by atoms with van der Waals surface area (Å²) in [6.45, 7) is 0. The van der Waals surface area contributed by atoms with Crippen molar-refractivity contribution in [1.29, 1.82) is 0 Å². The van der Waals surface area contributed by atoms with Gasteiger partial charge in [-0.05, 0) is 64.0 Å². The number of amides is 1. The highest BCUT2D eigenvalue weighted by Crippen LogP contribution is 2.24. The van der Waals surface area contributed by atoms with Crippen molar-refractivity contribution in [2.75, 3.05) is 5.32 Å². The molecule has 0 atom stereocenters. The van der Waals surface area contributed by atoms with E-state index in [1.54, 1.807) is 30.1 Å². The first-order valence-corrected chi connectivity index (χ1v) is 8.67. The van der Waals surface area contributed by atoms with Crippen LogP contribution in [0.4, 0.5) is 5.69 Å². The average Bonchev–Trinajstić information content (AvgIpc) is 3.02. The highest BCUT2D eigenvalue weighted by molar-refractivity contribution is 9.10. The zero-order valence-electron chi connectivity index (χ0n) is 12.0. The van der Waals surface area contributed by atoms with Crippen LogP contribution in [0.1, 0.15) is 16.1 Å². The van der Waals surface area contributed by atoms with Crippen molar-refractivity contribution >= 4 is 39.3 Å². The minimum absolute atomic E-state index is 0.270. The lowest BCUT2D eigenvalue weighted by Gasteiger charge is -2.05. The number of aromatic nitrogens is 1. The third kappa shape index (κ3) is 4.46. The largest absolute Gasteiger partial charge is 0.444 e. The molecule has 0 saturated heterocycles. The third-order valence-corrected chi connectivity index (χ3v) is 4.55. The first kappa shape index (κ1) is 15.8. The molecule has 1 aromatic carbocycles. The summed E-state index contributed by atoms with van der Waals surface area (Å²) in [7, 11) is 0. The molecule has 0 radical (unpaired) electrons. The molecular weight excluding hydrogens is 376 g/mol. The van der Waals surface area contributed by atoms with Gasteiger partial charge in [-0.25, -0.2) is 0 Å². The first-order chi connectivity index (χ1) is 11.2. The van der Waals surface area contributed by atoms with Crippen LogP contribution < -0.4 is 5.32 Å². The number of nitrogens with zero attached hydrogens (tertiary/aromatic N) is 1. The van der Waals surface area contributed by atoms with Crippen molar-refractivity contribution in [1.82, 2.24) is 4.98 Å². The molecule has 0 saturated carbocycles. The van der Waals surface area contributed by atoms with E-state index in [-0.39, 0.29) is 11.7 Å². The Hall–Kier alpha value is -2.05. The molecule has 1 N–H and O–H groups in total. The second-order valence-corrected chi connectivity index (χ2v) is 6.56. The predicted octanol–water partition coefficient (Wildman–Crippen LogP) is 4.98. The van der Waals surface area contributed by atoms with Gasteiger partial charge in [-0.3, -0.25) is 9.78 Å². The van der Waals surface area contributed by atoms with Gasteiger partial charge >= 0.3 is 0 Å². The van der Waals surface area contributed by atoms with Gasteiger partial charge in [0, 0.05) is 28.7 Å². The fraction of sp³-hybridized carbons (Fsp3) is 0.0588. The Balaban J connectivity index is 1.57. The van der Waals surface area contributed by atoms with Gasteiger partial charge in [0.15, 0.2) is 10.4 Å². The van der Waals surface area contributed by atoms with E-state index in [4.69, 9.17) is 4.42 Å². The van der Waals surface area contributed by atoms with E-state index >= 15 is 0 Å². The third-order valence-electron chi connectivity index (χ3n) is 3.04. The Labute approximate surface area is 146 Å². The number of carbonyl (C=O) groups is 1. The molecule has 0 unspecified atom stereocenters. The molecule has 1 amide bonds. The fourth-order valence-corrected chi connectivity index (χ4v) is 3.05. The van der Waals surface area contributed by atoms with Crippen LogP contribution in [0.15, 0.2) is 74.9 Å². The fourth-order valence-electron chi connectivity index (χ4n) is 1.91. The van der Waals surface area contributed by atoms with Crippen LogP contribution in [0.25, 0.3) is 0 Å². The van der Waals surface area contributed by atoms with E-state index in [1.165, 1.54) is 5.56 Å². The number of pyridine rings is 1. The van der Waals surface area contributed by atoms with E-state index in [1.807, 2.05) is 36.5 Å². The van der Waals surface area contributed by atoms with Crippen LogP contribution >= 0.6 is 27.7 Å². The maximum absolute atomic E-state index is 12.0. The summed E-state index contributed by atoms with van der Waals surface area (Å²) in [5.41, 5.74) is 1.91. The molecule has 23 heavy (non-hydrogen) atoms. The maximum atomic E-state index is 12.0. The predicted molar refractivity (Wildman–Crippen MR) is 94.6 cm³/mol. The molecule has 2 heterocycles. The van der Waals surface area contributed by atoms with Crippen LogP contribution in [0.2, 0.25) is 0 Å². The van der Waals surface area contributed by atoms with Crippen LogP contribution in [-0.2, 0) is 5.75 Å². The lowest BCUT2D eigenvalue weighted by molar-refractivity contribution is 0.0995. The molecule has 0 bridgehead atoms. The van der Waals surface area contributed by atoms with Crippen molar-refractivity contribution in [3.8, 4) is 0 Å². The number of carbonyl (C=O) groups excluding carboxylic acids is 1. The summed E-state index contributed by atoms with van der Waals surface area (Å²) < 4.78 is 5.76. The Morgan fingerprint density at radius 2 is 2.00 bits per heavy atom. The molecule has 3 aromatic rings. The molecule has 0 spiro atoms. The van der Waals surface area contributed by atoms with E-state index in [0.717, 1.165) is 16.3 Å². The highest BCUT2D eigenvalue weighted by Gasteiger charge is 2.10. The van der Waals surface area contributed by atoms with Gasteiger partial charge in [0.05, 0.1) is 0 Å². The summed E-state index contributed by atoms with van der Waals surface area (Å²) in [4.78, 5) is 17.2. The first-order valence-electron chi connectivity index (χ1n) is 6.89. The Morgan fingerprint density at radius 1 is 1.17 bits per heavy atom. The van der Waals surface area contributed by atoms with Crippen molar-refractivity contribution in [2.45, 2.75) is 10.6 Å². The molecule has 116 valence electrons. The van der Waals surface area contributed by atoms with Gasteiger partial charge in [0.2, 0.25) is 0 Å². The van der Waals surface area contributed by atoms with Gasteiger partial charge in [-0.2, -0.15) is 0 Å². The van der Waals surface area contributed by atoms with Crippen LogP contribution in [0.5, 0.6) is 0 Å². The molecular formula is C17H13BrN2O2S. The Bertz CT molecular complexity index is 788. The summed E-state index contributed by atoms with van der Waals surface area (Å²) >= 11 is 4.90. The molecule has 4 nitrogen and oxygen atoms in total. The summed E-state index contributed by atoms with van der Waals surface area (Å²) in [5, 5.41) is 2.80. The molecule has 0 fully saturated rings. The van der Waals surface area contributed by atoms with Gasteiger partial charge < -0.3 is 9.73 Å². The molecule has 3 rings (SSSR count). The summed E-state index contributed by atoms with van der Waals surface area (Å²) in [5.74, 6) is 0.860. The molecule has 0 aliphatic rings. The molecule has 0 aliphatic carbocycles. The number of hydrogen-bond donors (Lipinski definition) is 1.